The Morgan fingerprint density at radius 3 is 2.75 bits per heavy atom. The third-order valence-electron chi connectivity index (χ3n) is 6.10. The summed E-state index contributed by atoms with van der Waals surface area (Å²) in [7, 11) is -2.37. The van der Waals surface area contributed by atoms with Gasteiger partial charge in [0.25, 0.3) is 0 Å². The number of hydrogen-bond donors (Lipinski definition) is 2. The Morgan fingerprint density at radius 1 is 1.25 bits per heavy atom. The van der Waals surface area contributed by atoms with Crippen molar-refractivity contribution in [2.24, 2.45) is 11.8 Å². The molecule has 0 aromatic heterocycles. The maximum absolute atomic E-state index is 12.9. The van der Waals surface area contributed by atoms with Crippen LogP contribution < -0.4 is 10.6 Å². The third-order valence-corrected chi connectivity index (χ3v) is 7.90. The first kappa shape index (κ1) is 20.8. The Bertz CT molecular complexity index is 868. The standard InChI is InChI=1S/C20H29N3O4S/c1-13-5-4-6-17(14(13)2)21-20(25)12-23(3)28(26,27)16-8-9-18-15(11-16)7-10-19(24)22-18/h8-9,11,13-14,17H,4-7,10,12H2,1-3H3,(H,21,25)(H,22,24). The minimum Gasteiger partial charge on any atom is -0.352 e. The first-order valence-corrected chi connectivity index (χ1v) is 11.3. The van der Waals surface area contributed by atoms with Crippen molar-refractivity contribution in [2.45, 2.75) is 56.9 Å². The van der Waals surface area contributed by atoms with E-state index in [0.717, 1.165) is 22.7 Å². The molecule has 1 saturated carbocycles. The van der Waals surface area contributed by atoms with Crippen molar-refractivity contribution in [3.05, 3.63) is 23.8 Å². The number of likely N-dealkylation sites (N-methyl/N-ethyl adjacent to an activating group) is 1. The summed E-state index contributed by atoms with van der Waals surface area (Å²) in [6.45, 7) is 4.12. The van der Waals surface area contributed by atoms with Gasteiger partial charge < -0.3 is 10.6 Å². The van der Waals surface area contributed by atoms with Gasteiger partial charge in [-0.1, -0.05) is 26.7 Å². The molecule has 1 aromatic rings. The van der Waals surface area contributed by atoms with Gasteiger partial charge in [-0.15, -0.1) is 0 Å². The van der Waals surface area contributed by atoms with Crippen molar-refractivity contribution in [3.8, 4) is 0 Å². The second-order valence-corrected chi connectivity index (χ2v) is 10.1. The van der Waals surface area contributed by atoms with Crippen molar-refractivity contribution < 1.29 is 18.0 Å². The monoisotopic (exact) mass is 407 g/mol. The number of carbonyl (C=O) groups excluding carboxylic acids is 2. The molecular weight excluding hydrogens is 378 g/mol. The number of sulfonamides is 1. The fourth-order valence-corrected chi connectivity index (χ4v) is 5.20. The van der Waals surface area contributed by atoms with Gasteiger partial charge in [-0.25, -0.2) is 8.42 Å². The summed E-state index contributed by atoms with van der Waals surface area (Å²) < 4.78 is 26.9. The van der Waals surface area contributed by atoms with Crippen LogP contribution in [0.1, 0.15) is 45.1 Å². The van der Waals surface area contributed by atoms with E-state index in [9.17, 15) is 18.0 Å². The lowest BCUT2D eigenvalue weighted by Crippen LogP contribution is -2.47. The Balaban J connectivity index is 1.67. The summed E-state index contributed by atoms with van der Waals surface area (Å²) in [5.41, 5.74) is 1.44. The van der Waals surface area contributed by atoms with Crippen LogP contribution in [0.3, 0.4) is 0 Å². The van der Waals surface area contributed by atoms with Crippen molar-refractivity contribution in [1.29, 1.82) is 0 Å². The largest absolute Gasteiger partial charge is 0.352 e. The molecule has 7 nitrogen and oxygen atoms in total. The van der Waals surface area contributed by atoms with Gasteiger partial charge >= 0.3 is 0 Å². The van der Waals surface area contributed by atoms with Crippen molar-refractivity contribution >= 4 is 27.5 Å². The highest BCUT2D eigenvalue weighted by molar-refractivity contribution is 7.89. The van der Waals surface area contributed by atoms with Crippen LogP contribution in [-0.4, -0.2) is 44.2 Å². The molecule has 3 rings (SSSR count). The third kappa shape index (κ3) is 4.38. The molecule has 3 unspecified atom stereocenters. The molecule has 2 aliphatic rings. The Kier molecular flexibility index (Phi) is 6.09. The van der Waals surface area contributed by atoms with E-state index in [1.807, 2.05) is 0 Å². The van der Waals surface area contributed by atoms with Crippen molar-refractivity contribution in [3.63, 3.8) is 0 Å². The van der Waals surface area contributed by atoms with Gasteiger partial charge in [0.05, 0.1) is 11.4 Å². The van der Waals surface area contributed by atoms with E-state index >= 15 is 0 Å². The van der Waals surface area contributed by atoms with Gasteiger partial charge in [0, 0.05) is 25.2 Å². The molecular formula is C20H29N3O4S. The SMILES string of the molecule is CC1CCCC(NC(=O)CN(C)S(=O)(=O)c2ccc3c(c2)CCC(=O)N3)C1C. The van der Waals surface area contributed by atoms with E-state index in [1.165, 1.54) is 19.5 Å². The second kappa shape index (κ2) is 8.21. The number of rotatable bonds is 5. The smallest absolute Gasteiger partial charge is 0.243 e. The second-order valence-electron chi connectivity index (χ2n) is 8.07. The quantitative estimate of drug-likeness (QED) is 0.782. The summed E-state index contributed by atoms with van der Waals surface area (Å²) in [4.78, 5) is 24.1. The first-order valence-electron chi connectivity index (χ1n) is 9.87. The molecule has 1 fully saturated rings. The van der Waals surface area contributed by atoms with Gasteiger partial charge in [-0.05, 0) is 48.4 Å². The maximum atomic E-state index is 12.9. The average molecular weight is 408 g/mol. The number of benzene rings is 1. The lowest BCUT2D eigenvalue weighted by atomic mass is 9.78. The highest BCUT2D eigenvalue weighted by atomic mass is 32.2. The number of hydrogen-bond acceptors (Lipinski definition) is 4. The minimum absolute atomic E-state index is 0.0665. The number of nitrogens with zero attached hydrogens (tertiary/aromatic N) is 1. The highest BCUT2D eigenvalue weighted by Gasteiger charge is 2.30. The van der Waals surface area contributed by atoms with E-state index in [1.54, 1.807) is 12.1 Å². The Hall–Kier alpha value is -1.93. The molecule has 1 aliphatic carbocycles. The van der Waals surface area contributed by atoms with Gasteiger partial charge in [0.1, 0.15) is 0 Å². The van der Waals surface area contributed by atoms with Crippen LogP contribution in [0.5, 0.6) is 0 Å². The van der Waals surface area contributed by atoms with Gasteiger partial charge in [-0.3, -0.25) is 9.59 Å². The summed E-state index contributed by atoms with van der Waals surface area (Å²) in [6.07, 6.45) is 4.03. The summed E-state index contributed by atoms with van der Waals surface area (Å²) in [6, 6.07) is 4.76. The lowest BCUT2D eigenvalue weighted by molar-refractivity contribution is -0.122. The molecule has 154 valence electrons. The van der Waals surface area contributed by atoms with E-state index in [0.29, 0.717) is 30.4 Å². The lowest BCUT2D eigenvalue weighted by Gasteiger charge is -2.34. The molecule has 3 atom stereocenters. The number of aryl methyl sites for hydroxylation is 1. The zero-order valence-corrected chi connectivity index (χ0v) is 17.5. The van der Waals surface area contributed by atoms with E-state index in [-0.39, 0.29) is 29.3 Å². The molecule has 28 heavy (non-hydrogen) atoms. The normalized spacial score (nSPS) is 25.1. The molecule has 0 bridgehead atoms. The zero-order chi connectivity index (χ0) is 20.5. The number of nitrogens with one attached hydrogen (secondary N) is 2. The van der Waals surface area contributed by atoms with Crippen LogP contribution in [-0.2, 0) is 26.0 Å². The number of fused-ring (bicyclic) bond motifs is 1. The fraction of sp³-hybridized carbons (Fsp3) is 0.600. The molecule has 1 aliphatic heterocycles. The Labute approximate surface area is 166 Å². The predicted octanol–water partition coefficient (Wildman–Crippen LogP) is 2.13. The molecule has 0 spiro atoms. The van der Waals surface area contributed by atoms with Gasteiger partial charge in [0.15, 0.2) is 0 Å². The molecule has 1 heterocycles. The molecule has 2 amide bonds. The number of anilines is 1. The summed E-state index contributed by atoms with van der Waals surface area (Å²) in [5.74, 6) is 0.595. The van der Waals surface area contributed by atoms with Gasteiger partial charge in [0.2, 0.25) is 21.8 Å². The molecule has 2 N–H and O–H groups in total. The van der Waals surface area contributed by atoms with Crippen molar-refractivity contribution in [1.82, 2.24) is 9.62 Å². The van der Waals surface area contributed by atoms with Crippen LogP contribution in [0.4, 0.5) is 5.69 Å². The van der Waals surface area contributed by atoms with Crippen LogP contribution >= 0.6 is 0 Å². The van der Waals surface area contributed by atoms with E-state index < -0.39 is 10.0 Å². The number of amides is 2. The predicted molar refractivity (Wildman–Crippen MR) is 107 cm³/mol. The number of carbonyl (C=O) groups is 2. The van der Waals surface area contributed by atoms with Gasteiger partial charge in [-0.2, -0.15) is 4.31 Å². The topological polar surface area (TPSA) is 95.6 Å². The van der Waals surface area contributed by atoms with Crippen LogP contribution in [0.2, 0.25) is 0 Å². The molecule has 8 heteroatoms. The minimum atomic E-state index is -3.79. The molecule has 0 saturated heterocycles. The zero-order valence-electron chi connectivity index (χ0n) is 16.7. The van der Waals surface area contributed by atoms with E-state index in [4.69, 9.17) is 0 Å². The molecule has 1 aromatic carbocycles. The van der Waals surface area contributed by atoms with Crippen molar-refractivity contribution in [2.75, 3.05) is 18.9 Å². The maximum Gasteiger partial charge on any atom is 0.243 e. The molecule has 0 radical (unpaired) electrons. The first-order chi connectivity index (χ1) is 13.2. The van der Waals surface area contributed by atoms with E-state index in [2.05, 4.69) is 24.5 Å². The van der Waals surface area contributed by atoms with Crippen LogP contribution in [0, 0.1) is 11.8 Å². The Morgan fingerprint density at radius 2 is 2.00 bits per heavy atom. The fourth-order valence-electron chi connectivity index (χ4n) is 4.03. The van der Waals surface area contributed by atoms with Crippen LogP contribution in [0.25, 0.3) is 0 Å². The average Bonchev–Trinajstić information content (AvgIpc) is 2.64. The summed E-state index contributed by atoms with van der Waals surface area (Å²) >= 11 is 0. The summed E-state index contributed by atoms with van der Waals surface area (Å²) in [5, 5.41) is 5.76. The van der Waals surface area contributed by atoms with Crippen LogP contribution in [0.15, 0.2) is 23.1 Å². The highest BCUT2D eigenvalue weighted by Crippen LogP contribution is 2.30.